The molecule has 1 aromatic carbocycles. The zero-order valence-electron chi connectivity index (χ0n) is 16.4. The Balaban J connectivity index is 1.47. The van der Waals surface area contributed by atoms with Gasteiger partial charge < -0.3 is 19.3 Å². The first kappa shape index (κ1) is 19.7. The molecule has 6 heteroatoms. The minimum atomic E-state index is -0.0827. The summed E-state index contributed by atoms with van der Waals surface area (Å²) in [6.07, 6.45) is 2.08. The Morgan fingerprint density at radius 3 is 2.70 bits per heavy atom. The number of hydrogen-bond donors (Lipinski definition) is 0. The summed E-state index contributed by atoms with van der Waals surface area (Å²) in [5.41, 5.74) is 2.21. The second-order valence-electron chi connectivity index (χ2n) is 7.48. The van der Waals surface area contributed by atoms with Crippen LogP contribution in [-0.2, 0) is 14.3 Å². The van der Waals surface area contributed by atoms with Crippen LogP contribution in [0.3, 0.4) is 0 Å². The van der Waals surface area contributed by atoms with Gasteiger partial charge in [0.25, 0.3) is 0 Å². The summed E-state index contributed by atoms with van der Waals surface area (Å²) in [4.78, 5) is 29.0. The van der Waals surface area contributed by atoms with Crippen LogP contribution in [0.1, 0.15) is 30.4 Å². The number of benzene rings is 1. The lowest BCUT2D eigenvalue weighted by molar-refractivity contribution is -0.144. The van der Waals surface area contributed by atoms with Crippen LogP contribution in [-0.4, -0.2) is 67.6 Å². The Labute approximate surface area is 161 Å². The molecule has 2 aliphatic heterocycles. The van der Waals surface area contributed by atoms with Crippen LogP contribution in [0.5, 0.6) is 5.75 Å². The molecule has 0 aliphatic carbocycles. The van der Waals surface area contributed by atoms with Gasteiger partial charge in [0, 0.05) is 26.2 Å². The number of rotatable bonds is 5. The van der Waals surface area contributed by atoms with Gasteiger partial charge in [0.15, 0.2) is 0 Å². The molecule has 2 aliphatic rings. The van der Waals surface area contributed by atoms with Crippen molar-refractivity contribution in [3.63, 3.8) is 0 Å². The third-order valence-corrected chi connectivity index (χ3v) is 5.36. The van der Waals surface area contributed by atoms with Gasteiger partial charge >= 0.3 is 0 Å². The fraction of sp³-hybridized carbons (Fsp3) is 0.619. The molecule has 6 nitrogen and oxygen atoms in total. The SMILES string of the molecule is Cc1ccc(C)c(OCCC(=O)N2CCCC(C(=O)N3CCOCC3)C2)c1. The topological polar surface area (TPSA) is 59.1 Å². The van der Waals surface area contributed by atoms with E-state index in [-0.39, 0.29) is 17.7 Å². The summed E-state index contributed by atoms with van der Waals surface area (Å²) in [5.74, 6) is 0.991. The Morgan fingerprint density at radius 2 is 1.93 bits per heavy atom. The average Bonchev–Trinajstić information content (AvgIpc) is 2.70. The summed E-state index contributed by atoms with van der Waals surface area (Å²) in [6, 6.07) is 6.07. The van der Waals surface area contributed by atoms with Crippen LogP contribution in [0.4, 0.5) is 0 Å². The molecule has 1 unspecified atom stereocenters. The smallest absolute Gasteiger partial charge is 0.227 e. The molecular formula is C21H30N2O4. The van der Waals surface area contributed by atoms with Gasteiger partial charge in [0.05, 0.1) is 32.2 Å². The predicted molar refractivity (Wildman–Crippen MR) is 103 cm³/mol. The highest BCUT2D eigenvalue weighted by atomic mass is 16.5. The van der Waals surface area contributed by atoms with Crippen molar-refractivity contribution in [1.29, 1.82) is 0 Å². The Hall–Kier alpha value is -2.08. The molecule has 2 heterocycles. The van der Waals surface area contributed by atoms with Crippen molar-refractivity contribution in [2.45, 2.75) is 33.1 Å². The summed E-state index contributed by atoms with van der Waals surface area (Å²) < 4.78 is 11.1. The second-order valence-corrected chi connectivity index (χ2v) is 7.48. The number of morpholine rings is 1. The van der Waals surface area contributed by atoms with Crippen molar-refractivity contribution in [1.82, 2.24) is 9.80 Å². The molecule has 1 atom stereocenters. The van der Waals surface area contributed by atoms with Crippen molar-refractivity contribution in [2.24, 2.45) is 5.92 Å². The largest absolute Gasteiger partial charge is 0.493 e. The van der Waals surface area contributed by atoms with Crippen LogP contribution >= 0.6 is 0 Å². The lowest BCUT2D eigenvalue weighted by Crippen LogP contribution is -2.49. The van der Waals surface area contributed by atoms with Gasteiger partial charge in [-0.25, -0.2) is 0 Å². The minimum absolute atomic E-state index is 0.0692. The van der Waals surface area contributed by atoms with Crippen molar-refractivity contribution < 1.29 is 19.1 Å². The summed E-state index contributed by atoms with van der Waals surface area (Å²) in [7, 11) is 0. The van der Waals surface area contributed by atoms with E-state index in [1.165, 1.54) is 0 Å². The summed E-state index contributed by atoms with van der Waals surface area (Å²) in [6.45, 7) is 8.18. The molecule has 0 bridgehead atoms. The molecule has 3 rings (SSSR count). The maximum Gasteiger partial charge on any atom is 0.227 e. The highest BCUT2D eigenvalue weighted by molar-refractivity contribution is 5.81. The molecule has 0 N–H and O–H groups in total. The molecule has 2 fully saturated rings. The van der Waals surface area contributed by atoms with Gasteiger partial charge in [-0.05, 0) is 43.9 Å². The molecule has 2 saturated heterocycles. The van der Waals surface area contributed by atoms with Crippen LogP contribution in [0.15, 0.2) is 18.2 Å². The van der Waals surface area contributed by atoms with E-state index in [9.17, 15) is 9.59 Å². The number of likely N-dealkylation sites (tertiary alicyclic amines) is 1. The number of aryl methyl sites for hydroxylation is 2. The first-order valence-electron chi connectivity index (χ1n) is 9.89. The fourth-order valence-electron chi connectivity index (χ4n) is 3.72. The lowest BCUT2D eigenvalue weighted by Gasteiger charge is -2.36. The third kappa shape index (κ3) is 5.22. The van der Waals surface area contributed by atoms with E-state index in [2.05, 4.69) is 0 Å². The first-order chi connectivity index (χ1) is 13.0. The van der Waals surface area contributed by atoms with E-state index in [1.54, 1.807) is 0 Å². The van der Waals surface area contributed by atoms with E-state index in [0.29, 0.717) is 45.9 Å². The van der Waals surface area contributed by atoms with Crippen LogP contribution in [0.25, 0.3) is 0 Å². The van der Waals surface area contributed by atoms with Crippen LogP contribution in [0.2, 0.25) is 0 Å². The van der Waals surface area contributed by atoms with Crippen LogP contribution in [0, 0.1) is 19.8 Å². The standard InChI is InChI=1S/C21H30N2O4/c1-16-5-6-17(2)19(14-16)27-11-7-20(24)23-8-3-4-18(15-23)21(25)22-9-12-26-13-10-22/h5-6,14,18H,3-4,7-13,15H2,1-2H3. The third-order valence-electron chi connectivity index (χ3n) is 5.36. The van der Waals surface area contributed by atoms with E-state index >= 15 is 0 Å². The minimum Gasteiger partial charge on any atom is -0.493 e. The second kappa shape index (κ2) is 9.22. The molecule has 0 radical (unpaired) electrons. The van der Waals surface area contributed by atoms with Gasteiger partial charge in [0.1, 0.15) is 5.75 Å². The Morgan fingerprint density at radius 1 is 1.15 bits per heavy atom. The van der Waals surface area contributed by atoms with Gasteiger partial charge in [0.2, 0.25) is 11.8 Å². The number of nitrogens with zero attached hydrogens (tertiary/aromatic N) is 2. The highest BCUT2D eigenvalue weighted by Gasteiger charge is 2.31. The van der Waals surface area contributed by atoms with E-state index in [1.807, 2.05) is 41.8 Å². The molecule has 148 valence electrons. The first-order valence-corrected chi connectivity index (χ1v) is 9.89. The van der Waals surface area contributed by atoms with Crippen molar-refractivity contribution in [3.8, 4) is 5.75 Å². The fourth-order valence-corrected chi connectivity index (χ4v) is 3.72. The number of amides is 2. The van der Waals surface area contributed by atoms with Crippen molar-refractivity contribution >= 4 is 11.8 Å². The molecule has 27 heavy (non-hydrogen) atoms. The lowest BCUT2D eigenvalue weighted by atomic mass is 9.96. The van der Waals surface area contributed by atoms with Crippen molar-refractivity contribution in [2.75, 3.05) is 46.0 Å². The maximum absolute atomic E-state index is 12.7. The molecule has 0 spiro atoms. The van der Waals surface area contributed by atoms with E-state index < -0.39 is 0 Å². The molecule has 0 saturated carbocycles. The Bertz CT molecular complexity index is 670. The molecular weight excluding hydrogens is 344 g/mol. The average molecular weight is 374 g/mol. The normalized spacial score (nSPS) is 20.4. The zero-order chi connectivity index (χ0) is 19.2. The Kier molecular flexibility index (Phi) is 6.72. The van der Waals surface area contributed by atoms with Crippen molar-refractivity contribution in [3.05, 3.63) is 29.3 Å². The number of hydrogen-bond acceptors (Lipinski definition) is 4. The number of ether oxygens (including phenoxy) is 2. The van der Waals surface area contributed by atoms with Gasteiger partial charge in [-0.1, -0.05) is 12.1 Å². The highest BCUT2D eigenvalue weighted by Crippen LogP contribution is 2.21. The van der Waals surface area contributed by atoms with Gasteiger partial charge in [-0.3, -0.25) is 9.59 Å². The maximum atomic E-state index is 12.7. The van der Waals surface area contributed by atoms with E-state index in [0.717, 1.165) is 36.3 Å². The molecule has 1 aromatic rings. The number of carbonyl (C=O) groups excluding carboxylic acids is 2. The van der Waals surface area contributed by atoms with Gasteiger partial charge in [-0.15, -0.1) is 0 Å². The number of carbonyl (C=O) groups is 2. The zero-order valence-corrected chi connectivity index (χ0v) is 16.4. The van der Waals surface area contributed by atoms with Gasteiger partial charge in [-0.2, -0.15) is 0 Å². The summed E-state index contributed by atoms with van der Waals surface area (Å²) >= 11 is 0. The monoisotopic (exact) mass is 374 g/mol. The number of piperidine rings is 1. The predicted octanol–water partition coefficient (Wildman–Crippen LogP) is 2.17. The molecule has 2 amide bonds. The quantitative estimate of drug-likeness (QED) is 0.793. The molecule has 0 aromatic heterocycles. The summed E-state index contributed by atoms with van der Waals surface area (Å²) in [5, 5.41) is 0. The van der Waals surface area contributed by atoms with E-state index in [4.69, 9.17) is 9.47 Å². The van der Waals surface area contributed by atoms with Crippen LogP contribution < -0.4 is 4.74 Å².